The van der Waals surface area contributed by atoms with Crippen LogP contribution in [0.5, 0.6) is 0 Å². The number of rotatable bonds is 6. The highest BCUT2D eigenvalue weighted by Gasteiger charge is 2.42. The number of hydrogen-bond acceptors (Lipinski definition) is 4. The van der Waals surface area contributed by atoms with Crippen LogP contribution in [-0.2, 0) is 6.54 Å². The van der Waals surface area contributed by atoms with E-state index in [1.165, 1.54) is 12.1 Å². The van der Waals surface area contributed by atoms with Gasteiger partial charge in [-0.05, 0) is 18.4 Å². The van der Waals surface area contributed by atoms with Gasteiger partial charge in [-0.2, -0.15) is 0 Å². The van der Waals surface area contributed by atoms with Gasteiger partial charge in [-0.15, -0.1) is 0 Å². The number of aliphatic hydroxyl groups is 1. The van der Waals surface area contributed by atoms with Crippen LogP contribution in [0, 0.1) is 15.5 Å². The number of carbonyl (C=O) groups excluding carboxylic acids is 1. The second kappa shape index (κ2) is 5.87. The van der Waals surface area contributed by atoms with Gasteiger partial charge in [-0.1, -0.05) is 12.1 Å². The van der Waals surface area contributed by atoms with Crippen molar-refractivity contribution in [2.24, 2.45) is 5.41 Å². The van der Waals surface area contributed by atoms with Gasteiger partial charge in [-0.25, -0.2) is 4.79 Å². The van der Waals surface area contributed by atoms with E-state index >= 15 is 0 Å². The average molecular weight is 279 g/mol. The van der Waals surface area contributed by atoms with Gasteiger partial charge in [0.15, 0.2) is 0 Å². The number of benzene rings is 1. The SMILES string of the molecule is O=C(NCc1ccc([N+](=O)[O-])cc1)NCC1(CO)CC1. The summed E-state index contributed by atoms with van der Waals surface area (Å²) in [7, 11) is 0. The lowest BCUT2D eigenvalue weighted by Crippen LogP contribution is -2.39. The van der Waals surface area contributed by atoms with Crippen LogP contribution >= 0.6 is 0 Å². The van der Waals surface area contributed by atoms with Gasteiger partial charge in [0.1, 0.15) is 0 Å². The maximum absolute atomic E-state index is 11.6. The highest BCUT2D eigenvalue weighted by atomic mass is 16.6. The summed E-state index contributed by atoms with van der Waals surface area (Å²) in [5, 5.41) is 25.0. The Morgan fingerprint density at radius 2 is 1.95 bits per heavy atom. The Bertz CT molecular complexity index is 497. The Labute approximate surface area is 116 Å². The molecule has 20 heavy (non-hydrogen) atoms. The first-order valence-electron chi connectivity index (χ1n) is 6.41. The van der Waals surface area contributed by atoms with E-state index in [4.69, 9.17) is 5.11 Å². The molecule has 1 aliphatic rings. The summed E-state index contributed by atoms with van der Waals surface area (Å²) in [6, 6.07) is 5.71. The molecule has 2 amide bonds. The van der Waals surface area contributed by atoms with Crippen molar-refractivity contribution in [3.05, 3.63) is 39.9 Å². The first-order valence-corrected chi connectivity index (χ1v) is 6.41. The van der Waals surface area contributed by atoms with Crippen LogP contribution in [0.15, 0.2) is 24.3 Å². The molecule has 3 N–H and O–H groups in total. The lowest BCUT2D eigenvalue weighted by atomic mass is 10.1. The largest absolute Gasteiger partial charge is 0.396 e. The number of nitro benzene ring substituents is 1. The van der Waals surface area contributed by atoms with Gasteiger partial charge in [-0.3, -0.25) is 10.1 Å². The number of urea groups is 1. The van der Waals surface area contributed by atoms with Crippen LogP contribution in [-0.4, -0.2) is 29.2 Å². The van der Waals surface area contributed by atoms with Crippen LogP contribution in [0.25, 0.3) is 0 Å². The van der Waals surface area contributed by atoms with Crippen molar-refractivity contribution >= 4 is 11.7 Å². The van der Waals surface area contributed by atoms with E-state index in [0.29, 0.717) is 13.1 Å². The fourth-order valence-electron chi connectivity index (χ4n) is 1.82. The lowest BCUT2D eigenvalue weighted by Gasteiger charge is -2.13. The molecule has 1 fully saturated rings. The van der Waals surface area contributed by atoms with Crippen molar-refractivity contribution in [3.8, 4) is 0 Å². The Kier molecular flexibility index (Phi) is 4.19. The second-order valence-corrected chi connectivity index (χ2v) is 5.12. The zero-order valence-corrected chi connectivity index (χ0v) is 11.0. The van der Waals surface area contributed by atoms with Crippen LogP contribution in [0.2, 0.25) is 0 Å². The Morgan fingerprint density at radius 3 is 2.45 bits per heavy atom. The molecule has 7 heteroatoms. The first kappa shape index (κ1) is 14.3. The molecular formula is C13H17N3O4. The second-order valence-electron chi connectivity index (χ2n) is 5.12. The van der Waals surface area contributed by atoms with Gasteiger partial charge < -0.3 is 15.7 Å². The van der Waals surface area contributed by atoms with E-state index in [1.807, 2.05) is 0 Å². The molecule has 7 nitrogen and oxygen atoms in total. The first-order chi connectivity index (χ1) is 9.54. The summed E-state index contributed by atoms with van der Waals surface area (Å²) in [6.45, 7) is 0.862. The average Bonchev–Trinajstić information content (AvgIpc) is 3.24. The van der Waals surface area contributed by atoms with Gasteiger partial charge in [0.05, 0.1) is 11.5 Å². The predicted octanol–water partition coefficient (Wildman–Crippen LogP) is 1.17. The molecule has 0 atom stereocenters. The molecule has 1 saturated carbocycles. The normalized spacial score (nSPS) is 15.4. The van der Waals surface area contributed by atoms with Crippen LogP contribution in [0.4, 0.5) is 10.5 Å². The minimum Gasteiger partial charge on any atom is -0.396 e. The van der Waals surface area contributed by atoms with Crippen molar-refractivity contribution in [3.63, 3.8) is 0 Å². The predicted molar refractivity (Wildman–Crippen MR) is 72.1 cm³/mol. The maximum Gasteiger partial charge on any atom is 0.315 e. The number of hydrogen-bond donors (Lipinski definition) is 3. The fourth-order valence-corrected chi connectivity index (χ4v) is 1.82. The summed E-state index contributed by atoms with van der Waals surface area (Å²) in [6.07, 6.45) is 1.87. The Hall–Kier alpha value is -2.15. The number of nitrogens with one attached hydrogen (secondary N) is 2. The molecule has 0 aliphatic heterocycles. The molecule has 0 unspecified atom stereocenters. The molecular weight excluding hydrogens is 262 g/mol. The number of nitrogens with zero attached hydrogens (tertiary/aromatic N) is 1. The van der Waals surface area contributed by atoms with Crippen LogP contribution in [0.3, 0.4) is 0 Å². The molecule has 1 aliphatic carbocycles. The third-order valence-electron chi connectivity index (χ3n) is 3.52. The molecule has 1 aromatic carbocycles. The Morgan fingerprint density at radius 1 is 1.30 bits per heavy atom. The number of nitro groups is 1. The van der Waals surface area contributed by atoms with Gasteiger partial charge in [0.25, 0.3) is 5.69 Å². The smallest absolute Gasteiger partial charge is 0.315 e. The summed E-state index contributed by atoms with van der Waals surface area (Å²) in [4.78, 5) is 21.6. The lowest BCUT2D eigenvalue weighted by molar-refractivity contribution is -0.384. The quantitative estimate of drug-likeness (QED) is 0.537. The highest BCUT2D eigenvalue weighted by Crippen LogP contribution is 2.44. The van der Waals surface area contributed by atoms with Crippen LogP contribution in [0.1, 0.15) is 18.4 Å². The third kappa shape index (κ3) is 3.67. The molecule has 0 spiro atoms. The summed E-state index contributed by atoms with van der Waals surface area (Å²) < 4.78 is 0. The number of aliphatic hydroxyl groups excluding tert-OH is 1. The molecule has 0 heterocycles. The zero-order valence-electron chi connectivity index (χ0n) is 11.0. The topological polar surface area (TPSA) is 104 Å². The van der Waals surface area contributed by atoms with E-state index in [-0.39, 0.29) is 23.7 Å². The van der Waals surface area contributed by atoms with E-state index in [9.17, 15) is 14.9 Å². The fraction of sp³-hybridized carbons (Fsp3) is 0.462. The molecule has 0 bridgehead atoms. The minimum atomic E-state index is -0.464. The van der Waals surface area contributed by atoms with E-state index in [0.717, 1.165) is 18.4 Å². The van der Waals surface area contributed by atoms with Crippen molar-refractivity contribution in [2.45, 2.75) is 19.4 Å². The van der Waals surface area contributed by atoms with Crippen molar-refractivity contribution in [1.82, 2.24) is 10.6 Å². The maximum atomic E-state index is 11.6. The van der Waals surface area contributed by atoms with Crippen LogP contribution < -0.4 is 10.6 Å². The molecule has 108 valence electrons. The van der Waals surface area contributed by atoms with Crippen molar-refractivity contribution in [1.29, 1.82) is 0 Å². The van der Waals surface area contributed by atoms with Gasteiger partial charge >= 0.3 is 6.03 Å². The van der Waals surface area contributed by atoms with E-state index in [2.05, 4.69) is 10.6 Å². The van der Waals surface area contributed by atoms with Crippen molar-refractivity contribution < 1.29 is 14.8 Å². The zero-order chi connectivity index (χ0) is 14.6. The molecule has 1 aromatic rings. The van der Waals surface area contributed by atoms with E-state index < -0.39 is 4.92 Å². The number of non-ortho nitro benzene ring substituents is 1. The molecule has 0 saturated heterocycles. The van der Waals surface area contributed by atoms with E-state index in [1.54, 1.807) is 12.1 Å². The highest BCUT2D eigenvalue weighted by molar-refractivity contribution is 5.73. The molecule has 0 radical (unpaired) electrons. The Balaban J connectivity index is 1.74. The van der Waals surface area contributed by atoms with Gasteiger partial charge in [0, 0.05) is 30.6 Å². The third-order valence-corrected chi connectivity index (χ3v) is 3.52. The standard InChI is InChI=1S/C13H17N3O4/c17-9-13(5-6-13)8-15-12(18)14-7-10-1-3-11(4-2-10)16(19)20/h1-4,17H,5-9H2,(H2,14,15,18). The summed E-state index contributed by atoms with van der Waals surface area (Å²) in [5.41, 5.74) is 0.691. The van der Waals surface area contributed by atoms with Gasteiger partial charge in [0.2, 0.25) is 0 Å². The summed E-state index contributed by atoms with van der Waals surface area (Å²) >= 11 is 0. The number of amides is 2. The molecule has 2 rings (SSSR count). The van der Waals surface area contributed by atoms with Crippen molar-refractivity contribution in [2.75, 3.05) is 13.2 Å². The minimum absolute atomic E-state index is 0.0248. The summed E-state index contributed by atoms with van der Waals surface area (Å²) in [5.74, 6) is 0. The monoisotopic (exact) mass is 279 g/mol. The molecule has 0 aromatic heterocycles. The number of carbonyl (C=O) groups is 1.